The second-order valence-electron chi connectivity index (χ2n) is 13.2. The van der Waals surface area contributed by atoms with Gasteiger partial charge in [0.2, 0.25) is 0 Å². The van der Waals surface area contributed by atoms with Crippen LogP contribution in [0.3, 0.4) is 0 Å². The summed E-state index contributed by atoms with van der Waals surface area (Å²) in [5.74, 6) is 0.283. The van der Waals surface area contributed by atoms with Crippen molar-refractivity contribution in [1.29, 1.82) is 0 Å². The Morgan fingerprint density at radius 3 is 1.21 bits per heavy atom. The van der Waals surface area contributed by atoms with E-state index in [0.29, 0.717) is 74.7 Å². The minimum absolute atomic E-state index is 0.0248. The van der Waals surface area contributed by atoms with Crippen LogP contribution in [0.15, 0.2) is 48.5 Å². The number of esters is 2. The molecule has 0 bridgehead atoms. The van der Waals surface area contributed by atoms with Crippen LogP contribution in [0.4, 0.5) is 0 Å². The van der Waals surface area contributed by atoms with Crippen molar-refractivity contribution in [3.63, 3.8) is 0 Å². The van der Waals surface area contributed by atoms with Crippen LogP contribution in [0.2, 0.25) is 0 Å². The number of nitrogens with zero attached hydrogens (tertiary/aromatic N) is 2. The third kappa shape index (κ3) is 10.3. The molecule has 2 heterocycles. The molecule has 0 aliphatic carbocycles. The van der Waals surface area contributed by atoms with Gasteiger partial charge < -0.3 is 18.9 Å². The Labute approximate surface area is 278 Å². The number of Topliss-reactive ketones (excluding diaryl/α,β-unsaturated/α-hetero) is 2. The summed E-state index contributed by atoms with van der Waals surface area (Å²) in [6.45, 7) is 13.1. The third-order valence-electron chi connectivity index (χ3n) is 9.17. The Balaban J connectivity index is 1.08. The Bertz CT molecular complexity index is 1240. The van der Waals surface area contributed by atoms with Crippen LogP contribution in [0.1, 0.15) is 93.4 Å². The van der Waals surface area contributed by atoms with Crippen LogP contribution in [-0.2, 0) is 19.1 Å². The molecule has 0 aromatic heterocycles. The fourth-order valence-electron chi connectivity index (χ4n) is 6.02. The second kappa shape index (κ2) is 17.1. The fourth-order valence-corrected chi connectivity index (χ4v) is 6.02. The van der Waals surface area contributed by atoms with E-state index in [1.165, 1.54) is 0 Å². The molecule has 4 rings (SSSR count). The Kier molecular flexibility index (Phi) is 13.2. The lowest BCUT2D eigenvalue weighted by atomic mass is 9.91. The van der Waals surface area contributed by atoms with Gasteiger partial charge in [-0.2, -0.15) is 0 Å². The van der Waals surface area contributed by atoms with Crippen molar-refractivity contribution < 1.29 is 38.1 Å². The Hall–Kier alpha value is -3.44. The van der Waals surface area contributed by atoms with E-state index in [-0.39, 0.29) is 23.5 Å². The summed E-state index contributed by atoms with van der Waals surface area (Å²) in [7, 11) is 0. The maximum Gasteiger partial charge on any atom is 0.311 e. The van der Waals surface area contributed by atoms with Gasteiger partial charge in [-0.3, -0.25) is 29.0 Å². The minimum atomic E-state index is -0.640. The van der Waals surface area contributed by atoms with E-state index in [4.69, 9.17) is 18.9 Å². The van der Waals surface area contributed by atoms with Gasteiger partial charge in [0.1, 0.15) is 11.5 Å². The number of unbranched alkanes of at least 4 members (excludes halogenated alkanes) is 4. The smallest absolute Gasteiger partial charge is 0.311 e. The lowest BCUT2D eigenvalue weighted by Crippen LogP contribution is -2.54. The number of hydrogen-bond acceptors (Lipinski definition) is 10. The summed E-state index contributed by atoms with van der Waals surface area (Å²) >= 11 is 0. The zero-order valence-corrected chi connectivity index (χ0v) is 28.4. The highest BCUT2D eigenvalue weighted by atomic mass is 16.5. The molecule has 0 radical (unpaired) electrons. The molecular formula is C37H50N2O8. The standard InChI is InChI=1S/C37H50N2O8/c1-36(2,38-20-24-44-25-21-38)34(42)28-12-16-30(17-13-28)46-32(40)10-8-6-5-7-9-11-33(41)47-31-18-14-29(15-19-31)35(43)37(3,4)39-22-26-45-27-23-39/h12-19H,5-11,20-27H2,1-4H3. The van der Waals surface area contributed by atoms with Crippen LogP contribution >= 0.6 is 0 Å². The van der Waals surface area contributed by atoms with Crippen LogP contribution in [0, 0.1) is 0 Å². The third-order valence-corrected chi connectivity index (χ3v) is 9.17. The summed E-state index contributed by atoms with van der Waals surface area (Å²) in [6, 6.07) is 13.5. The molecule has 10 nitrogen and oxygen atoms in total. The van der Waals surface area contributed by atoms with Gasteiger partial charge in [0, 0.05) is 50.1 Å². The van der Waals surface area contributed by atoms with E-state index < -0.39 is 11.1 Å². The summed E-state index contributed by atoms with van der Waals surface area (Å²) in [4.78, 5) is 55.2. The highest BCUT2D eigenvalue weighted by molar-refractivity contribution is 6.03. The van der Waals surface area contributed by atoms with Crippen LogP contribution < -0.4 is 9.47 Å². The van der Waals surface area contributed by atoms with Crippen molar-refractivity contribution in [3.05, 3.63) is 59.7 Å². The van der Waals surface area contributed by atoms with Crippen molar-refractivity contribution in [3.8, 4) is 11.5 Å². The summed E-state index contributed by atoms with van der Waals surface area (Å²) < 4.78 is 21.8. The Morgan fingerprint density at radius 2 is 0.872 bits per heavy atom. The van der Waals surface area contributed by atoms with Gasteiger partial charge in [-0.05, 0) is 89.1 Å². The number of benzene rings is 2. The van der Waals surface area contributed by atoms with Gasteiger partial charge in [-0.25, -0.2) is 0 Å². The molecule has 2 aromatic carbocycles. The van der Waals surface area contributed by atoms with Gasteiger partial charge in [0.15, 0.2) is 11.6 Å². The second-order valence-corrected chi connectivity index (χ2v) is 13.2. The monoisotopic (exact) mass is 650 g/mol. The average Bonchev–Trinajstić information content (AvgIpc) is 3.08. The number of hydrogen-bond donors (Lipinski definition) is 0. The number of ketones is 2. The molecule has 0 N–H and O–H groups in total. The van der Waals surface area contributed by atoms with Crippen molar-refractivity contribution in [2.24, 2.45) is 0 Å². The first-order valence-corrected chi connectivity index (χ1v) is 16.8. The van der Waals surface area contributed by atoms with Gasteiger partial charge in [0.05, 0.1) is 37.5 Å². The van der Waals surface area contributed by atoms with Crippen molar-refractivity contribution in [1.82, 2.24) is 9.80 Å². The number of carbonyl (C=O) groups excluding carboxylic acids is 4. The van der Waals surface area contributed by atoms with Crippen molar-refractivity contribution in [2.45, 2.75) is 83.7 Å². The van der Waals surface area contributed by atoms with Gasteiger partial charge in [0.25, 0.3) is 0 Å². The average molecular weight is 651 g/mol. The van der Waals surface area contributed by atoms with Gasteiger partial charge in [-0.15, -0.1) is 0 Å². The zero-order valence-electron chi connectivity index (χ0n) is 28.4. The minimum Gasteiger partial charge on any atom is -0.427 e. The molecule has 0 atom stereocenters. The van der Waals surface area contributed by atoms with Crippen molar-refractivity contribution >= 4 is 23.5 Å². The predicted molar refractivity (Wildman–Crippen MR) is 178 cm³/mol. The van der Waals surface area contributed by atoms with Crippen LogP contribution in [0.5, 0.6) is 11.5 Å². The lowest BCUT2D eigenvalue weighted by Gasteiger charge is -2.39. The fraction of sp³-hybridized carbons (Fsp3) is 0.568. The maximum atomic E-state index is 13.1. The van der Waals surface area contributed by atoms with Crippen LogP contribution in [-0.4, -0.2) is 97.0 Å². The highest BCUT2D eigenvalue weighted by Crippen LogP contribution is 2.25. The number of carbonyl (C=O) groups is 4. The summed E-state index contributed by atoms with van der Waals surface area (Å²) in [5, 5.41) is 0. The van der Waals surface area contributed by atoms with Crippen LogP contribution in [0.25, 0.3) is 0 Å². The number of ether oxygens (including phenoxy) is 4. The number of rotatable bonds is 16. The molecule has 2 aliphatic heterocycles. The largest absolute Gasteiger partial charge is 0.427 e. The van der Waals surface area contributed by atoms with E-state index >= 15 is 0 Å². The molecule has 2 aromatic rings. The van der Waals surface area contributed by atoms with Gasteiger partial charge >= 0.3 is 11.9 Å². The predicted octanol–water partition coefficient (Wildman–Crippen LogP) is 5.52. The molecule has 0 saturated carbocycles. The molecule has 0 amide bonds. The topological polar surface area (TPSA) is 112 Å². The van der Waals surface area contributed by atoms with E-state index in [2.05, 4.69) is 9.80 Å². The van der Waals surface area contributed by atoms with E-state index in [1.54, 1.807) is 48.5 Å². The molecule has 0 spiro atoms. The molecule has 256 valence electrons. The van der Waals surface area contributed by atoms with E-state index in [1.807, 2.05) is 27.7 Å². The maximum absolute atomic E-state index is 13.1. The summed E-state index contributed by atoms with van der Waals surface area (Å²) in [6.07, 6.45) is 4.59. The zero-order chi connectivity index (χ0) is 33.9. The molecule has 47 heavy (non-hydrogen) atoms. The summed E-state index contributed by atoms with van der Waals surface area (Å²) in [5.41, 5.74) is -0.116. The molecule has 2 fully saturated rings. The first-order valence-electron chi connectivity index (χ1n) is 16.8. The molecule has 2 saturated heterocycles. The first-order chi connectivity index (χ1) is 22.5. The van der Waals surface area contributed by atoms with E-state index in [0.717, 1.165) is 45.4 Å². The first kappa shape index (κ1) is 36.4. The molecule has 0 unspecified atom stereocenters. The van der Waals surface area contributed by atoms with Gasteiger partial charge in [-0.1, -0.05) is 19.3 Å². The quantitative estimate of drug-likeness (QED) is 0.0997. The number of morpholine rings is 2. The SMILES string of the molecule is CC(C)(C(=O)c1ccc(OC(=O)CCCCCCCC(=O)Oc2ccc(C(=O)C(C)(C)N3CCOCC3)cc2)cc1)N1CCOCC1. The molecule has 2 aliphatic rings. The molecule has 10 heteroatoms. The van der Waals surface area contributed by atoms with E-state index in [9.17, 15) is 19.2 Å². The van der Waals surface area contributed by atoms with Crippen molar-refractivity contribution in [2.75, 3.05) is 52.6 Å². The Morgan fingerprint density at radius 1 is 0.553 bits per heavy atom. The highest BCUT2D eigenvalue weighted by Gasteiger charge is 2.37. The molecular weight excluding hydrogens is 600 g/mol. The lowest BCUT2D eigenvalue weighted by molar-refractivity contribution is -0.135. The normalized spacial score (nSPS) is 16.4.